The van der Waals surface area contributed by atoms with Crippen molar-refractivity contribution >= 4 is 11.4 Å². The van der Waals surface area contributed by atoms with Crippen LogP contribution in [-0.4, -0.2) is 29.6 Å². The number of phenols is 1. The second-order valence-electron chi connectivity index (χ2n) is 5.25. The lowest BCUT2D eigenvalue weighted by atomic mass is 10.1. The van der Waals surface area contributed by atoms with Gasteiger partial charge in [-0.3, -0.25) is 15.1 Å². The average Bonchev–Trinajstić information content (AvgIpc) is 2.62. The molecule has 0 radical (unpaired) electrons. The van der Waals surface area contributed by atoms with Crippen molar-refractivity contribution in [2.24, 2.45) is 4.99 Å². The molecule has 2 aromatic carbocycles. The van der Waals surface area contributed by atoms with Crippen LogP contribution in [0.4, 0.5) is 5.69 Å². The summed E-state index contributed by atoms with van der Waals surface area (Å²) in [6, 6.07) is 11.3. The zero-order valence-corrected chi connectivity index (χ0v) is 14.1. The van der Waals surface area contributed by atoms with Gasteiger partial charge in [0.15, 0.2) is 11.5 Å². The summed E-state index contributed by atoms with van der Waals surface area (Å²) in [6.07, 6.45) is 0.687. The molecule has 132 valence electrons. The molecule has 0 bridgehead atoms. The molecule has 0 heterocycles. The third-order valence-electron chi connectivity index (χ3n) is 3.61. The first-order chi connectivity index (χ1) is 12.0. The van der Waals surface area contributed by atoms with E-state index in [-0.39, 0.29) is 18.2 Å². The number of nitro groups is 1. The van der Waals surface area contributed by atoms with Crippen LogP contribution in [0.3, 0.4) is 0 Å². The number of aliphatic imine (C=N–C) groups is 1. The van der Waals surface area contributed by atoms with Crippen molar-refractivity contribution in [2.75, 3.05) is 13.8 Å². The van der Waals surface area contributed by atoms with Gasteiger partial charge in [0.25, 0.3) is 5.69 Å². The number of ether oxygens (including phenoxy) is 2. The van der Waals surface area contributed by atoms with Crippen LogP contribution >= 0.6 is 0 Å². The van der Waals surface area contributed by atoms with Gasteiger partial charge in [0.1, 0.15) is 6.73 Å². The van der Waals surface area contributed by atoms with E-state index in [0.29, 0.717) is 18.8 Å². The molecule has 0 atom stereocenters. The molecule has 0 aliphatic carbocycles. The summed E-state index contributed by atoms with van der Waals surface area (Å²) in [5.74, 6) is 0.474. The Labute approximate surface area is 145 Å². The number of nitro benzene ring substituents is 1. The molecule has 0 aliphatic heterocycles. The fourth-order valence-electron chi connectivity index (χ4n) is 2.28. The van der Waals surface area contributed by atoms with Gasteiger partial charge in [0, 0.05) is 17.8 Å². The lowest BCUT2D eigenvalue weighted by Crippen LogP contribution is -2.03. The SMILES string of the molecule is CC/C(=N\COCc1ccc([N+](=O)[O-])cc1)c1ccc(OC)c(O)c1. The van der Waals surface area contributed by atoms with Crippen molar-refractivity contribution in [3.8, 4) is 11.5 Å². The molecule has 0 aliphatic rings. The summed E-state index contributed by atoms with van der Waals surface area (Å²) < 4.78 is 10.5. The average molecular weight is 344 g/mol. The number of hydrogen-bond acceptors (Lipinski definition) is 6. The maximum Gasteiger partial charge on any atom is 0.269 e. The Morgan fingerprint density at radius 1 is 1.24 bits per heavy atom. The summed E-state index contributed by atoms with van der Waals surface area (Å²) in [4.78, 5) is 14.6. The maximum atomic E-state index is 10.6. The number of benzene rings is 2. The molecule has 0 saturated heterocycles. The van der Waals surface area contributed by atoms with Gasteiger partial charge in [-0.15, -0.1) is 0 Å². The van der Waals surface area contributed by atoms with Crippen LogP contribution in [0, 0.1) is 10.1 Å². The molecule has 0 unspecified atom stereocenters. The molecule has 2 rings (SSSR count). The molecule has 2 aromatic rings. The van der Waals surface area contributed by atoms with Crippen molar-refractivity contribution in [1.29, 1.82) is 0 Å². The molecule has 7 nitrogen and oxygen atoms in total. The Morgan fingerprint density at radius 2 is 1.96 bits per heavy atom. The number of nitrogens with zero attached hydrogens (tertiary/aromatic N) is 2. The first-order valence-electron chi connectivity index (χ1n) is 7.77. The lowest BCUT2D eigenvalue weighted by molar-refractivity contribution is -0.384. The molecule has 0 fully saturated rings. The number of rotatable bonds is 8. The van der Waals surface area contributed by atoms with Gasteiger partial charge in [-0.1, -0.05) is 6.92 Å². The standard InChI is InChI=1S/C18H20N2O5/c1-3-16(14-6-9-18(24-2)17(21)10-14)19-12-25-11-13-4-7-15(8-5-13)20(22)23/h4-10,21H,3,11-12H2,1-2H3/b19-16+. The van der Waals surface area contributed by atoms with Gasteiger partial charge >= 0.3 is 0 Å². The summed E-state index contributed by atoms with van der Waals surface area (Å²) in [6.45, 7) is 2.44. The Morgan fingerprint density at radius 3 is 2.52 bits per heavy atom. The first kappa shape index (κ1) is 18.4. The van der Waals surface area contributed by atoms with E-state index in [9.17, 15) is 15.2 Å². The number of hydrogen-bond donors (Lipinski definition) is 1. The fourth-order valence-corrected chi connectivity index (χ4v) is 2.28. The van der Waals surface area contributed by atoms with Crippen molar-refractivity contribution in [3.05, 3.63) is 63.7 Å². The summed E-state index contributed by atoms with van der Waals surface area (Å²) >= 11 is 0. The lowest BCUT2D eigenvalue weighted by Gasteiger charge is -2.08. The third kappa shape index (κ3) is 5.02. The minimum Gasteiger partial charge on any atom is -0.504 e. The second-order valence-corrected chi connectivity index (χ2v) is 5.25. The summed E-state index contributed by atoms with van der Waals surface area (Å²) in [5.41, 5.74) is 2.50. The van der Waals surface area contributed by atoms with Crippen LogP contribution in [0.25, 0.3) is 0 Å². The van der Waals surface area contributed by atoms with Crippen LogP contribution < -0.4 is 4.74 Å². The van der Waals surface area contributed by atoms with Gasteiger partial charge < -0.3 is 14.6 Å². The van der Waals surface area contributed by atoms with E-state index in [1.54, 1.807) is 24.3 Å². The monoisotopic (exact) mass is 344 g/mol. The Bertz CT molecular complexity index is 757. The molecular formula is C18H20N2O5. The van der Waals surface area contributed by atoms with Gasteiger partial charge in [-0.25, -0.2) is 0 Å². The minimum absolute atomic E-state index is 0.0503. The Kier molecular flexibility index (Phi) is 6.47. The van der Waals surface area contributed by atoms with Crippen LogP contribution in [0.1, 0.15) is 24.5 Å². The number of phenolic OH excluding ortho intramolecular Hbond substituents is 1. The van der Waals surface area contributed by atoms with Crippen LogP contribution in [0.2, 0.25) is 0 Å². The number of non-ortho nitro benzene ring substituents is 1. The van der Waals surface area contributed by atoms with E-state index in [4.69, 9.17) is 9.47 Å². The van der Waals surface area contributed by atoms with E-state index >= 15 is 0 Å². The molecular weight excluding hydrogens is 324 g/mol. The second kappa shape index (κ2) is 8.79. The topological polar surface area (TPSA) is 94.2 Å². The van der Waals surface area contributed by atoms with E-state index < -0.39 is 4.92 Å². The maximum absolute atomic E-state index is 10.6. The third-order valence-corrected chi connectivity index (χ3v) is 3.61. The highest BCUT2D eigenvalue weighted by Crippen LogP contribution is 2.26. The van der Waals surface area contributed by atoms with E-state index in [1.807, 2.05) is 13.0 Å². The molecule has 7 heteroatoms. The van der Waals surface area contributed by atoms with E-state index in [1.165, 1.54) is 19.2 Å². The highest BCUT2D eigenvalue weighted by atomic mass is 16.6. The molecule has 1 N–H and O–H groups in total. The smallest absolute Gasteiger partial charge is 0.269 e. The minimum atomic E-state index is -0.438. The van der Waals surface area contributed by atoms with Gasteiger partial charge in [-0.05, 0) is 47.9 Å². The predicted molar refractivity (Wildman–Crippen MR) is 94.2 cm³/mol. The normalized spacial score (nSPS) is 11.4. The number of methoxy groups -OCH3 is 1. The summed E-state index contributed by atoms with van der Waals surface area (Å²) in [7, 11) is 1.50. The van der Waals surface area contributed by atoms with Crippen LogP contribution in [-0.2, 0) is 11.3 Å². The van der Waals surface area contributed by atoms with Gasteiger partial charge in [-0.2, -0.15) is 0 Å². The summed E-state index contributed by atoms with van der Waals surface area (Å²) in [5, 5.41) is 20.5. The molecule has 25 heavy (non-hydrogen) atoms. The van der Waals surface area contributed by atoms with Crippen molar-refractivity contribution in [1.82, 2.24) is 0 Å². The highest BCUT2D eigenvalue weighted by Gasteiger charge is 2.07. The highest BCUT2D eigenvalue weighted by molar-refractivity contribution is 6.00. The van der Waals surface area contributed by atoms with Crippen LogP contribution in [0.15, 0.2) is 47.5 Å². The Hall–Kier alpha value is -2.93. The zero-order chi connectivity index (χ0) is 18.2. The van der Waals surface area contributed by atoms with E-state index in [2.05, 4.69) is 4.99 Å². The fraction of sp³-hybridized carbons (Fsp3) is 0.278. The number of aromatic hydroxyl groups is 1. The zero-order valence-electron chi connectivity index (χ0n) is 14.1. The van der Waals surface area contributed by atoms with E-state index in [0.717, 1.165) is 16.8 Å². The van der Waals surface area contributed by atoms with Crippen molar-refractivity contribution in [2.45, 2.75) is 20.0 Å². The largest absolute Gasteiger partial charge is 0.504 e. The first-order valence-corrected chi connectivity index (χ1v) is 7.77. The molecule has 0 spiro atoms. The Balaban J connectivity index is 1.94. The van der Waals surface area contributed by atoms with Gasteiger partial charge in [0.2, 0.25) is 0 Å². The molecule has 0 amide bonds. The van der Waals surface area contributed by atoms with Crippen molar-refractivity contribution < 1.29 is 19.5 Å². The van der Waals surface area contributed by atoms with Gasteiger partial charge in [0.05, 0.1) is 18.6 Å². The predicted octanol–water partition coefficient (Wildman–Crippen LogP) is 3.68. The molecule has 0 saturated carbocycles. The quantitative estimate of drug-likeness (QED) is 0.341. The van der Waals surface area contributed by atoms with Crippen molar-refractivity contribution in [3.63, 3.8) is 0 Å². The molecule has 0 aromatic heterocycles. The van der Waals surface area contributed by atoms with Crippen LogP contribution in [0.5, 0.6) is 11.5 Å².